The molecule has 7 heteroatoms. The van der Waals surface area contributed by atoms with Crippen molar-refractivity contribution in [1.82, 2.24) is 10.2 Å². The lowest BCUT2D eigenvalue weighted by molar-refractivity contribution is 0.102. The number of nitrogens with one attached hydrogen (secondary N) is 1. The van der Waals surface area contributed by atoms with Crippen LogP contribution in [0.2, 0.25) is 0 Å². The minimum atomic E-state index is -0.255. The first kappa shape index (κ1) is 18.4. The molecule has 0 aliphatic heterocycles. The molecule has 1 aromatic heterocycles. The van der Waals surface area contributed by atoms with E-state index in [2.05, 4.69) is 47.6 Å². The highest BCUT2D eigenvalue weighted by Crippen LogP contribution is 2.26. The highest BCUT2D eigenvalue weighted by atomic mass is 32.2. The van der Waals surface area contributed by atoms with Gasteiger partial charge in [0.2, 0.25) is 5.01 Å². The van der Waals surface area contributed by atoms with Crippen LogP contribution in [0.1, 0.15) is 25.9 Å². The number of hydrogen-bond acceptors (Lipinski definition) is 6. The van der Waals surface area contributed by atoms with Crippen LogP contribution >= 0.6 is 23.1 Å². The number of methoxy groups -OCH3 is 1. The van der Waals surface area contributed by atoms with Crippen LogP contribution in [0.25, 0.3) is 0 Å². The summed E-state index contributed by atoms with van der Waals surface area (Å²) in [6.07, 6.45) is 0. The summed E-state index contributed by atoms with van der Waals surface area (Å²) in [6, 6.07) is 13.5. The molecule has 5 nitrogen and oxygen atoms in total. The number of rotatable bonds is 6. The first-order valence-corrected chi connectivity index (χ1v) is 9.83. The summed E-state index contributed by atoms with van der Waals surface area (Å²) < 4.78 is 5.10. The fourth-order valence-corrected chi connectivity index (χ4v) is 3.93. The number of benzene rings is 2. The summed E-state index contributed by atoms with van der Waals surface area (Å²) in [6.45, 7) is 4.20. The van der Waals surface area contributed by atoms with Crippen LogP contribution in [0.3, 0.4) is 0 Å². The lowest BCUT2D eigenvalue weighted by Gasteiger charge is -2.04. The fraction of sp³-hybridized carbons (Fsp3) is 0.211. The molecule has 0 aliphatic carbocycles. The van der Waals surface area contributed by atoms with Gasteiger partial charge in [0, 0.05) is 10.6 Å². The number of aryl methyl sites for hydroxylation is 2. The van der Waals surface area contributed by atoms with Gasteiger partial charge in [-0.15, -0.1) is 22.0 Å². The van der Waals surface area contributed by atoms with Crippen molar-refractivity contribution >= 4 is 34.7 Å². The summed E-state index contributed by atoms with van der Waals surface area (Å²) in [4.78, 5) is 13.5. The average Bonchev–Trinajstić information content (AvgIpc) is 3.12. The van der Waals surface area contributed by atoms with Gasteiger partial charge < -0.3 is 10.1 Å². The van der Waals surface area contributed by atoms with E-state index in [1.54, 1.807) is 43.1 Å². The van der Waals surface area contributed by atoms with E-state index < -0.39 is 0 Å². The van der Waals surface area contributed by atoms with E-state index in [0.29, 0.717) is 16.4 Å². The maximum absolute atomic E-state index is 12.3. The normalized spacial score (nSPS) is 10.6. The van der Waals surface area contributed by atoms with Gasteiger partial charge in [0.1, 0.15) is 10.8 Å². The topological polar surface area (TPSA) is 64.1 Å². The Morgan fingerprint density at radius 1 is 1.12 bits per heavy atom. The smallest absolute Gasteiger partial charge is 0.286 e. The molecule has 0 aliphatic rings. The van der Waals surface area contributed by atoms with Gasteiger partial charge in [-0.25, -0.2) is 0 Å². The van der Waals surface area contributed by atoms with Crippen LogP contribution in [0, 0.1) is 13.8 Å². The minimum Gasteiger partial charge on any atom is -0.497 e. The maximum atomic E-state index is 12.3. The van der Waals surface area contributed by atoms with Crippen molar-refractivity contribution in [3.8, 4) is 5.75 Å². The second-order valence-corrected chi connectivity index (χ2v) is 7.83. The number of thioether (sulfide) groups is 1. The Morgan fingerprint density at radius 3 is 2.58 bits per heavy atom. The van der Waals surface area contributed by atoms with Crippen LogP contribution in [-0.2, 0) is 5.75 Å². The van der Waals surface area contributed by atoms with E-state index in [1.165, 1.54) is 27.4 Å². The third-order valence-corrected chi connectivity index (χ3v) is 5.96. The molecule has 1 N–H and O–H groups in total. The molecule has 0 fully saturated rings. The molecule has 0 saturated heterocycles. The highest BCUT2D eigenvalue weighted by Gasteiger charge is 2.13. The maximum Gasteiger partial charge on any atom is 0.286 e. The van der Waals surface area contributed by atoms with E-state index in [4.69, 9.17) is 4.74 Å². The third kappa shape index (κ3) is 4.62. The van der Waals surface area contributed by atoms with Gasteiger partial charge in [-0.3, -0.25) is 4.79 Å². The molecular weight excluding hydrogens is 366 g/mol. The van der Waals surface area contributed by atoms with Crippen LogP contribution < -0.4 is 10.1 Å². The summed E-state index contributed by atoms with van der Waals surface area (Å²) in [5.74, 6) is 1.18. The van der Waals surface area contributed by atoms with Crippen LogP contribution in [-0.4, -0.2) is 23.2 Å². The monoisotopic (exact) mass is 385 g/mol. The molecule has 0 bridgehead atoms. The Balaban J connectivity index is 1.59. The highest BCUT2D eigenvalue weighted by molar-refractivity contribution is 7.98. The molecule has 2 aromatic carbocycles. The van der Waals surface area contributed by atoms with Crippen LogP contribution in [0.15, 0.2) is 47.4 Å². The molecular formula is C19H19N3O2S2. The zero-order valence-corrected chi connectivity index (χ0v) is 16.4. The zero-order valence-electron chi connectivity index (χ0n) is 14.8. The number of nitrogens with zero attached hydrogens (tertiary/aromatic N) is 2. The Bertz CT molecular complexity index is 907. The second-order valence-electron chi connectivity index (χ2n) is 5.72. The molecule has 26 heavy (non-hydrogen) atoms. The van der Waals surface area contributed by atoms with E-state index in [9.17, 15) is 4.79 Å². The minimum absolute atomic E-state index is 0.255. The number of ether oxygens (including phenoxy) is 1. The summed E-state index contributed by atoms with van der Waals surface area (Å²) in [5, 5.41) is 12.1. The van der Waals surface area contributed by atoms with Gasteiger partial charge in [-0.1, -0.05) is 17.4 Å². The van der Waals surface area contributed by atoms with Crippen molar-refractivity contribution < 1.29 is 9.53 Å². The number of carbonyl (C=O) groups is 1. The SMILES string of the molecule is COc1ccc(NC(=O)c2nnc(CSc3ccc(C)c(C)c3)s2)cc1. The van der Waals surface area contributed by atoms with Gasteiger partial charge in [-0.2, -0.15) is 0 Å². The zero-order chi connectivity index (χ0) is 18.5. The van der Waals surface area contributed by atoms with Crippen molar-refractivity contribution in [2.45, 2.75) is 24.5 Å². The second kappa shape index (κ2) is 8.33. The largest absolute Gasteiger partial charge is 0.497 e. The lowest BCUT2D eigenvalue weighted by Crippen LogP contribution is -2.11. The first-order chi connectivity index (χ1) is 12.5. The number of amides is 1. The van der Waals surface area contributed by atoms with Gasteiger partial charge in [0.05, 0.1) is 12.9 Å². The lowest BCUT2D eigenvalue weighted by atomic mass is 10.1. The molecule has 1 amide bonds. The van der Waals surface area contributed by atoms with Crippen molar-refractivity contribution in [3.05, 3.63) is 63.6 Å². The standard InChI is InChI=1S/C19H19N3O2S2/c1-12-4-9-16(10-13(12)2)25-11-17-21-22-19(26-17)18(23)20-14-5-7-15(24-3)8-6-14/h4-10H,11H2,1-3H3,(H,20,23). The number of hydrogen-bond donors (Lipinski definition) is 1. The molecule has 0 unspecified atom stereocenters. The Morgan fingerprint density at radius 2 is 1.88 bits per heavy atom. The molecule has 0 spiro atoms. The van der Waals surface area contributed by atoms with E-state index in [-0.39, 0.29) is 5.91 Å². The molecule has 3 rings (SSSR count). The van der Waals surface area contributed by atoms with Crippen LogP contribution in [0.5, 0.6) is 5.75 Å². The fourth-order valence-electron chi connectivity index (χ4n) is 2.21. The van der Waals surface area contributed by atoms with Crippen molar-refractivity contribution in [1.29, 1.82) is 0 Å². The Kier molecular flexibility index (Phi) is 5.90. The number of aromatic nitrogens is 2. The molecule has 134 valence electrons. The van der Waals surface area contributed by atoms with Crippen molar-refractivity contribution in [3.63, 3.8) is 0 Å². The molecule has 0 saturated carbocycles. The average molecular weight is 386 g/mol. The van der Waals surface area contributed by atoms with Crippen molar-refractivity contribution in [2.24, 2.45) is 0 Å². The third-order valence-electron chi connectivity index (χ3n) is 3.85. The molecule has 0 atom stereocenters. The number of carbonyl (C=O) groups excluding carboxylic acids is 1. The van der Waals surface area contributed by atoms with Crippen molar-refractivity contribution in [2.75, 3.05) is 12.4 Å². The molecule has 3 aromatic rings. The Labute approximate surface area is 160 Å². The summed E-state index contributed by atoms with van der Waals surface area (Å²) in [7, 11) is 1.60. The van der Waals surface area contributed by atoms with Gasteiger partial charge in [0.15, 0.2) is 0 Å². The Hall–Kier alpha value is -2.38. The molecule has 0 radical (unpaired) electrons. The van der Waals surface area contributed by atoms with Crippen LogP contribution in [0.4, 0.5) is 5.69 Å². The van der Waals surface area contributed by atoms with E-state index >= 15 is 0 Å². The summed E-state index contributed by atoms with van der Waals surface area (Å²) >= 11 is 3.01. The van der Waals surface area contributed by atoms with E-state index in [1.807, 2.05) is 0 Å². The predicted octanol–water partition coefficient (Wildman–Crippen LogP) is 4.71. The quantitative estimate of drug-likeness (QED) is 0.623. The number of anilines is 1. The van der Waals surface area contributed by atoms with Gasteiger partial charge >= 0.3 is 0 Å². The van der Waals surface area contributed by atoms with Gasteiger partial charge in [0.25, 0.3) is 5.91 Å². The predicted molar refractivity (Wildman–Crippen MR) is 106 cm³/mol. The summed E-state index contributed by atoms with van der Waals surface area (Å²) in [5.41, 5.74) is 3.24. The molecule has 1 heterocycles. The van der Waals surface area contributed by atoms with E-state index in [0.717, 1.165) is 10.8 Å². The van der Waals surface area contributed by atoms with Gasteiger partial charge in [-0.05, 0) is 61.4 Å². The first-order valence-electron chi connectivity index (χ1n) is 8.03.